The molecule has 0 unspecified atom stereocenters. The van der Waals surface area contributed by atoms with E-state index in [1.54, 1.807) is 0 Å². The van der Waals surface area contributed by atoms with Crippen LogP contribution in [0.2, 0.25) is 0 Å². The molecule has 4 aromatic rings. The predicted molar refractivity (Wildman–Crippen MR) is 123 cm³/mol. The van der Waals surface area contributed by atoms with E-state index in [1.807, 2.05) is 0 Å². The summed E-state index contributed by atoms with van der Waals surface area (Å²) in [6.07, 6.45) is 7.85. The molecule has 0 heteroatoms. The Kier molecular flexibility index (Phi) is 6.07. The predicted octanol–water partition coefficient (Wildman–Crippen LogP) is 8.49. The first kappa shape index (κ1) is 18.7. The number of rotatable bonds is 8. The quantitative estimate of drug-likeness (QED) is 0.274. The Morgan fingerprint density at radius 1 is 0.536 bits per heavy atom. The molecular formula is C28H30. The summed E-state index contributed by atoms with van der Waals surface area (Å²) in [6, 6.07) is 31.3. The fourth-order valence-corrected chi connectivity index (χ4v) is 4.54. The summed E-state index contributed by atoms with van der Waals surface area (Å²) in [5.74, 6) is 0.443. The maximum atomic E-state index is 2.35. The summed E-state index contributed by atoms with van der Waals surface area (Å²) in [4.78, 5) is 0. The van der Waals surface area contributed by atoms with Gasteiger partial charge in [-0.25, -0.2) is 0 Å². The number of fused-ring (bicyclic) bond motifs is 2. The number of unbranched alkanes of at least 4 members (excludes halogenated alkanes) is 4. The fraction of sp³-hybridized carbons (Fsp3) is 0.286. The summed E-state index contributed by atoms with van der Waals surface area (Å²) in [7, 11) is 0. The molecule has 0 heterocycles. The van der Waals surface area contributed by atoms with Crippen LogP contribution < -0.4 is 0 Å². The molecule has 142 valence electrons. The van der Waals surface area contributed by atoms with Gasteiger partial charge in [-0.2, -0.15) is 0 Å². The Bertz CT molecular complexity index is 954. The molecule has 0 fully saturated rings. The van der Waals surface area contributed by atoms with Crippen molar-refractivity contribution in [2.45, 2.75) is 51.4 Å². The molecule has 0 nitrogen and oxygen atoms in total. The maximum absolute atomic E-state index is 2.35. The molecule has 0 amide bonds. The second kappa shape index (κ2) is 9.06. The highest BCUT2D eigenvalue weighted by Crippen LogP contribution is 2.38. The molecule has 0 saturated carbocycles. The van der Waals surface area contributed by atoms with Crippen LogP contribution in [0.5, 0.6) is 0 Å². The minimum absolute atomic E-state index is 0.443. The summed E-state index contributed by atoms with van der Waals surface area (Å²) >= 11 is 0. The summed E-state index contributed by atoms with van der Waals surface area (Å²) in [6.45, 7) is 2.29. The van der Waals surface area contributed by atoms with Crippen molar-refractivity contribution in [2.75, 3.05) is 0 Å². The average molecular weight is 367 g/mol. The third kappa shape index (κ3) is 3.97. The number of benzene rings is 4. The Morgan fingerprint density at radius 2 is 1.04 bits per heavy atom. The van der Waals surface area contributed by atoms with Gasteiger partial charge in [-0.05, 0) is 39.1 Å². The van der Waals surface area contributed by atoms with Gasteiger partial charge in [0.05, 0.1) is 0 Å². The molecule has 0 N–H and O–H groups in total. The topological polar surface area (TPSA) is 0 Å². The van der Waals surface area contributed by atoms with Crippen LogP contribution in [0.3, 0.4) is 0 Å². The second-order valence-corrected chi connectivity index (χ2v) is 7.89. The highest BCUT2D eigenvalue weighted by Gasteiger charge is 2.18. The van der Waals surface area contributed by atoms with Crippen molar-refractivity contribution in [3.63, 3.8) is 0 Å². The third-order valence-corrected chi connectivity index (χ3v) is 5.99. The van der Waals surface area contributed by atoms with Gasteiger partial charge in [0.15, 0.2) is 0 Å². The minimum atomic E-state index is 0.443. The molecular weight excluding hydrogens is 336 g/mol. The first-order valence-corrected chi connectivity index (χ1v) is 10.8. The molecule has 0 aliphatic carbocycles. The van der Waals surface area contributed by atoms with Crippen molar-refractivity contribution >= 4 is 21.5 Å². The van der Waals surface area contributed by atoms with Gasteiger partial charge in [0.1, 0.15) is 0 Å². The van der Waals surface area contributed by atoms with Crippen molar-refractivity contribution in [1.29, 1.82) is 0 Å². The summed E-state index contributed by atoms with van der Waals surface area (Å²) in [5, 5.41) is 5.49. The SMILES string of the molecule is CCCCCCCC(c1cccc2ccccc12)c1cccc2ccccc12. The van der Waals surface area contributed by atoms with E-state index in [1.165, 1.54) is 71.2 Å². The lowest BCUT2D eigenvalue weighted by Gasteiger charge is -2.22. The van der Waals surface area contributed by atoms with Crippen molar-refractivity contribution in [2.24, 2.45) is 0 Å². The molecule has 0 bridgehead atoms. The van der Waals surface area contributed by atoms with Gasteiger partial charge in [-0.3, -0.25) is 0 Å². The smallest absolute Gasteiger partial charge is 0.0102 e. The van der Waals surface area contributed by atoms with E-state index in [-0.39, 0.29) is 0 Å². The van der Waals surface area contributed by atoms with Gasteiger partial charge >= 0.3 is 0 Å². The number of hydrogen-bond donors (Lipinski definition) is 0. The highest BCUT2D eigenvalue weighted by molar-refractivity contribution is 5.90. The van der Waals surface area contributed by atoms with Crippen molar-refractivity contribution in [3.05, 3.63) is 96.1 Å². The van der Waals surface area contributed by atoms with E-state index < -0.39 is 0 Å². The van der Waals surface area contributed by atoms with Crippen LogP contribution in [0.25, 0.3) is 21.5 Å². The molecule has 0 aliphatic rings. The zero-order valence-corrected chi connectivity index (χ0v) is 16.9. The molecule has 0 radical (unpaired) electrons. The summed E-state index contributed by atoms with van der Waals surface area (Å²) < 4.78 is 0. The molecule has 4 rings (SSSR count). The number of hydrogen-bond acceptors (Lipinski definition) is 0. The second-order valence-electron chi connectivity index (χ2n) is 7.89. The van der Waals surface area contributed by atoms with Crippen LogP contribution in [0, 0.1) is 0 Å². The van der Waals surface area contributed by atoms with Crippen molar-refractivity contribution in [3.8, 4) is 0 Å². The third-order valence-electron chi connectivity index (χ3n) is 5.99. The molecule has 28 heavy (non-hydrogen) atoms. The van der Waals surface area contributed by atoms with Gasteiger partial charge in [-0.1, -0.05) is 124 Å². The van der Waals surface area contributed by atoms with Gasteiger partial charge in [0, 0.05) is 5.92 Å². The zero-order valence-electron chi connectivity index (χ0n) is 16.9. The molecule has 0 aliphatic heterocycles. The normalized spacial score (nSPS) is 11.5. The standard InChI is InChI=1S/C28H30/c1-2-3-4-5-6-19-28(26-20-11-15-22-13-7-9-17-24(22)26)27-21-12-16-23-14-8-10-18-25(23)27/h7-18,20-21,28H,2-6,19H2,1H3. The van der Waals surface area contributed by atoms with E-state index >= 15 is 0 Å². The zero-order chi connectivity index (χ0) is 19.2. The summed E-state index contributed by atoms with van der Waals surface area (Å²) in [5.41, 5.74) is 2.95. The van der Waals surface area contributed by atoms with Crippen LogP contribution in [-0.4, -0.2) is 0 Å². The molecule has 0 saturated heterocycles. The minimum Gasteiger partial charge on any atom is -0.0654 e. The molecule has 4 aromatic carbocycles. The lowest BCUT2D eigenvalue weighted by Crippen LogP contribution is -2.03. The first-order valence-electron chi connectivity index (χ1n) is 10.8. The van der Waals surface area contributed by atoms with Gasteiger partial charge in [-0.15, -0.1) is 0 Å². The van der Waals surface area contributed by atoms with E-state index in [9.17, 15) is 0 Å². The molecule has 0 atom stereocenters. The van der Waals surface area contributed by atoms with Crippen molar-refractivity contribution < 1.29 is 0 Å². The first-order chi connectivity index (χ1) is 13.9. The lowest BCUT2D eigenvalue weighted by molar-refractivity contribution is 0.583. The lowest BCUT2D eigenvalue weighted by atomic mass is 9.82. The van der Waals surface area contributed by atoms with Gasteiger partial charge in [0.2, 0.25) is 0 Å². The Morgan fingerprint density at radius 3 is 1.61 bits per heavy atom. The maximum Gasteiger partial charge on any atom is 0.0102 e. The van der Waals surface area contributed by atoms with E-state index in [2.05, 4.69) is 91.9 Å². The van der Waals surface area contributed by atoms with Crippen LogP contribution in [0.15, 0.2) is 84.9 Å². The van der Waals surface area contributed by atoms with E-state index in [4.69, 9.17) is 0 Å². The van der Waals surface area contributed by atoms with Crippen LogP contribution >= 0.6 is 0 Å². The van der Waals surface area contributed by atoms with Crippen LogP contribution in [0.4, 0.5) is 0 Å². The van der Waals surface area contributed by atoms with E-state index in [0.717, 1.165) is 0 Å². The van der Waals surface area contributed by atoms with Gasteiger partial charge < -0.3 is 0 Å². The Hall–Kier alpha value is -2.60. The molecule has 0 spiro atoms. The average Bonchev–Trinajstić information content (AvgIpc) is 2.76. The highest BCUT2D eigenvalue weighted by atomic mass is 14.2. The fourth-order valence-electron chi connectivity index (χ4n) is 4.54. The van der Waals surface area contributed by atoms with E-state index in [0.29, 0.717) is 5.92 Å². The van der Waals surface area contributed by atoms with Crippen molar-refractivity contribution in [1.82, 2.24) is 0 Å². The van der Waals surface area contributed by atoms with Crippen LogP contribution in [0.1, 0.15) is 62.5 Å². The van der Waals surface area contributed by atoms with Gasteiger partial charge in [0.25, 0.3) is 0 Å². The van der Waals surface area contributed by atoms with Crippen LogP contribution in [-0.2, 0) is 0 Å². The Labute approximate surface area is 169 Å². The monoisotopic (exact) mass is 366 g/mol. The largest absolute Gasteiger partial charge is 0.0654 e. The molecule has 0 aromatic heterocycles. The Balaban J connectivity index is 1.77.